The molecule has 0 bridgehead atoms. The maximum atomic E-state index is 14.5. The third-order valence-corrected chi connectivity index (χ3v) is 5.54. The average Bonchev–Trinajstić information content (AvgIpc) is 3.27. The van der Waals surface area contributed by atoms with Crippen LogP contribution in [0.5, 0.6) is 0 Å². The van der Waals surface area contributed by atoms with Gasteiger partial charge in [0, 0.05) is 25.1 Å². The van der Waals surface area contributed by atoms with Crippen molar-refractivity contribution in [3.05, 3.63) is 29.8 Å². The zero-order chi connectivity index (χ0) is 18.6. The van der Waals surface area contributed by atoms with E-state index in [1.54, 1.807) is 12.1 Å². The highest BCUT2D eigenvalue weighted by Gasteiger charge is 2.20. The summed E-state index contributed by atoms with van der Waals surface area (Å²) in [6.45, 7) is 2.84. The van der Waals surface area contributed by atoms with E-state index in [1.807, 2.05) is 4.57 Å². The first-order valence-corrected chi connectivity index (χ1v) is 9.93. The van der Waals surface area contributed by atoms with Gasteiger partial charge in [-0.2, -0.15) is 0 Å². The Labute approximate surface area is 182 Å². The molecule has 1 unspecified atom stereocenters. The van der Waals surface area contributed by atoms with Gasteiger partial charge in [-0.15, -0.1) is 35.0 Å². The number of benzene rings is 1. The first kappa shape index (κ1) is 23.6. The number of halogens is 3. The summed E-state index contributed by atoms with van der Waals surface area (Å²) >= 11 is 0. The van der Waals surface area contributed by atoms with Crippen molar-refractivity contribution in [2.45, 2.75) is 51.5 Å². The van der Waals surface area contributed by atoms with Gasteiger partial charge in [-0.1, -0.05) is 6.42 Å². The molecule has 2 aliphatic heterocycles. The first-order chi connectivity index (χ1) is 13.2. The average molecular weight is 444 g/mol. The second-order valence-electron chi connectivity index (χ2n) is 7.54. The molecular formula is C20H28Cl2FN5O. The van der Waals surface area contributed by atoms with Crippen LogP contribution in [0.2, 0.25) is 0 Å². The number of aryl methyl sites for hydroxylation is 1. The fraction of sp³-hybridized carbons (Fsp3) is 0.550. The van der Waals surface area contributed by atoms with E-state index in [0.29, 0.717) is 29.4 Å². The summed E-state index contributed by atoms with van der Waals surface area (Å²) in [6, 6.07) is 4.67. The minimum atomic E-state index is -0.343. The summed E-state index contributed by atoms with van der Waals surface area (Å²) in [7, 11) is 0. The van der Waals surface area contributed by atoms with Crippen LogP contribution in [0.4, 0.5) is 10.1 Å². The lowest BCUT2D eigenvalue weighted by atomic mass is 10.0. The maximum absolute atomic E-state index is 14.5. The first-order valence-electron chi connectivity index (χ1n) is 9.93. The quantitative estimate of drug-likeness (QED) is 0.732. The standard InChI is InChI=1S/C20H26FN5O.2ClH/c21-17-7-6-15(23-19(27)8-5-14-9-10-22-13-14)12-16(17)20-25-24-18-4-2-1-3-11-26(18)20;;/h6-7,12,14,22H,1-5,8-11,13H2,(H,23,27);2*1H. The summed E-state index contributed by atoms with van der Waals surface area (Å²) in [4.78, 5) is 12.3. The molecule has 0 saturated carbocycles. The lowest BCUT2D eigenvalue weighted by Crippen LogP contribution is -2.15. The van der Waals surface area contributed by atoms with E-state index in [2.05, 4.69) is 20.8 Å². The van der Waals surface area contributed by atoms with Gasteiger partial charge in [0.05, 0.1) is 5.56 Å². The summed E-state index contributed by atoms with van der Waals surface area (Å²) < 4.78 is 16.5. The van der Waals surface area contributed by atoms with Gasteiger partial charge in [0.15, 0.2) is 5.82 Å². The minimum absolute atomic E-state index is 0. The Hall–Kier alpha value is -1.70. The van der Waals surface area contributed by atoms with Gasteiger partial charge in [0.1, 0.15) is 11.6 Å². The summed E-state index contributed by atoms with van der Waals surface area (Å²) in [5, 5.41) is 14.7. The van der Waals surface area contributed by atoms with Crippen molar-refractivity contribution in [3.8, 4) is 11.4 Å². The molecule has 1 amide bonds. The highest BCUT2D eigenvalue weighted by molar-refractivity contribution is 5.91. The van der Waals surface area contributed by atoms with Crippen LogP contribution in [0.1, 0.15) is 44.3 Å². The molecule has 9 heteroatoms. The van der Waals surface area contributed by atoms with E-state index in [1.165, 1.54) is 6.07 Å². The smallest absolute Gasteiger partial charge is 0.224 e. The van der Waals surface area contributed by atoms with Crippen LogP contribution in [0.15, 0.2) is 18.2 Å². The van der Waals surface area contributed by atoms with Crippen molar-refractivity contribution in [2.24, 2.45) is 5.92 Å². The van der Waals surface area contributed by atoms with Gasteiger partial charge in [-0.3, -0.25) is 4.79 Å². The summed E-state index contributed by atoms with van der Waals surface area (Å²) in [6.07, 6.45) is 6.66. The molecular weight excluding hydrogens is 416 g/mol. The number of nitrogens with zero attached hydrogens (tertiary/aromatic N) is 3. The molecule has 1 aromatic heterocycles. The van der Waals surface area contributed by atoms with E-state index in [-0.39, 0.29) is 36.5 Å². The second kappa shape index (κ2) is 10.9. The Kier molecular flexibility index (Phi) is 8.86. The third-order valence-electron chi connectivity index (χ3n) is 5.54. The van der Waals surface area contributed by atoms with Crippen LogP contribution in [-0.2, 0) is 17.8 Å². The molecule has 0 spiro atoms. The monoisotopic (exact) mass is 443 g/mol. The number of anilines is 1. The molecule has 4 rings (SSSR count). The third kappa shape index (κ3) is 5.68. The van der Waals surface area contributed by atoms with Gasteiger partial charge < -0.3 is 15.2 Å². The molecule has 160 valence electrons. The lowest BCUT2D eigenvalue weighted by molar-refractivity contribution is -0.116. The molecule has 3 heterocycles. The Morgan fingerprint density at radius 3 is 2.90 bits per heavy atom. The largest absolute Gasteiger partial charge is 0.326 e. The Morgan fingerprint density at radius 2 is 2.10 bits per heavy atom. The number of nitrogens with one attached hydrogen (secondary N) is 2. The normalized spacial score (nSPS) is 18.2. The molecule has 0 aliphatic carbocycles. The van der Waals surface area contributed by atoms with Crippen LogP contribution in [0.25, 0.3) is 11.4 Å². The molecule has 1 fully saturated rings. The van der Waals surface area contributed by atoms with Gasteiger partial charge >= 0.3 is 0 Å². The Morgan fingerprint density at radius 1 is 1.24 bits per heavy atom. The van der Waals surface area contributed by atoms with E-state index < -0.39 is 0 Å². The number of carbonyl (C=O) groups excluding carboxylic acids is 1. The predicted octanol–water partition coefficient (Wildman–Crippen LogP) is 3.98. The second-order valence-corrected chi connectivity index (χ2v) is 7.54. The van der Waals surface area contributed by atoms with Crippen molar-refractivity contribution in [1.29, 1.82) is 0 Å². The number of fused-ring (bicyclic) bond motifs is 1. The molecule has 1 saturated heterocycles. The number of carbonyl (C=O) groups is 1. The number of amides is 1. The number of hydrogen-bond donors (Lipinski definition) is 2. The van der Waals surface area contributed by atoms with Crippen LogP contribution in [0.3, 0.4) is 0 Å². The van der Waals surface area contributed by atoms with Gasteiger partial charge in [0.2, 0.25) is 5.91 Å². The molecule has 2 N–H and O–H groups in total. The van der Waals surface area contributed by atoms with Gasteiger partial charge in [-0.25, -0.2) is 4.39 Å². The number of rotatable bonds is 5. The molecule has 2 aliphatic rings. The SMILES string of the molecule is Cl.Cl.O=C(CCC1CCNC1)Nc1ccc(F)c(-c2nnc3n2CCCCC3)c1. The number of hydrogen-bond acceptors (Lipinski definition) is 4. The van der Waals surface area contributed by atoms with E-state index in [9.17, 15) is 9.18 Å². The highest BCUT2D eigenvalue weighted by Crippen LogP contribution is 2.27. The minimum Gasteiger partial charge on any atom is -0.326 e. The lowest BCUT2D eigenvalue weighted by Gasteiger charge is -2.11. The van der Waals surface area contributed by atoms with Gasteiger partial charge in [0.25, 0.3) is 0 Å². The molecule has 6 nitrogen and oxygen atoms in total. The fourth-order valence-corrected chi connectivity index (χ4v) is 3.98. The van der Waals surface area contributed by atoms with Crippen molar-refractivity contribution in [1.82, 2.24) is 20.1 Å². The van der Waals surface area contributed by atoms with Crippen molar-refractivity contribution in [2.75, 3.05) is 18.4 Å². The van der Waals surface area contributed by atoms with Crippen molar-refractivity contribution >= 4 is 36.4 Å². The van der Waals surface area contributed by atoms with Crippen molar-refractivity contribution < 1.29 is 9.18 Å². The van der Waals surface area contributed by atoms with E-state index >= 15 is 0 Å². The van der Waals surface area contributed by atoms with Crippen LogP contribution >= 0.6 is 24.8 Å². The topological polar surface area (TPSA) is 71.8 Å². The van der Waals surface area contributed by atoms with E-state index in [0.717, 1.165) is 64.0 Å². The Balaban J connectivity index is 0.00000150. The Bertz CT molecular complexity index is 823. The molecule has 2 aromatic rings. The summed E-state index contributed by atoms with van der Waals surface area (Å²) in [5.41, 5.74) is 1.00. The van der Waals surface area contributed by atoms with Crippen LogP contribution in [0, 0.1) is 11.7 Å². The molecule has 1 aromatic carbocycles. The van der Waals surface area contributed by atoms with Crippen molar-refractivity contribution in [3.63, 3.8) is 0 Å². The van der Waals surface area contributed by atoms with Crippen LogP contribution in [-0.4, -0.2) is 33.8 Å². The molecule has 29 heavy (non-hydrogen) atoms. The molecule has 0 radical (unpaired) electrons. The van der Waals surface area contributed by atoms with E-state index in [4.69, 9.17) is 0 Å². The predicted molar refractivity (Wildman–Crippen MR) is 116 cm³/mol. The highest BCUT2D eigenvalue weighted by atomic mass is 35.5. The zero-order valence-corrected chi connectivity index (χ0v) is 18.0. The maximum Gasteiger partial charge on any atom is 0.224 e. The van der Waals surface area contributed by atoms with Gasteiger partial charge in [-0.05, 0) is 62.9 Å². The molecule has 1 atom stereocenters. The zero-order valence-electron chi connectivity index (χ0n) is 16.3. The number of aromatic nitrogens is 3. The summed E-state index contributed by atoms with van der Waals surface area (Å²) in [5.74, 6) is 1.68. The fourth-order valence-electron chi connectivity index (χ4n) is 3.98. The van der Waals surface area contributed by atoms with Crippen LogP contribution < -0.4 is 10.6 Å².